The maximum Gasteiger partial charge on any atom is 0.339 e. The van der Waals surface area contributed by atoms with Gasteiger partial charge in [-0.05, 0) is 36.8 Å². The van der Waals surface area contributed by atoms with E-state index in [0.717, 1.165) is 5.56 Å². The number of nitrogens with one attached hydrogen (secondary N) is 1. The van der Waals surface area contributed by atoms with Crippen LogP contribution in [-0.2, 0) is 14.3 Å². The van der Waals surface area contributed by atoms with Crippen LogP contribution >= 0.6 is 11.6 Å². The molecule has 1 atom stereocenters. The van der Waals surface area contributed by atoms with E-state index in [2.05, 4.69) is 5.32 Å². The first-order valence-electron chi connectivity index (χ1n) is 7.78. The van der Waals surface area contributed by atoms with Crippen molar-refractivity contribution in [2.24, 2.45) is 0 Å². The minimum absolute atomic E-state index is 0.0572. The van der Waals surface area contributed by atoms with E-state index >= 15 is 0 Å². The fourth-order valence-corrected chi connectivity index (χ4v) is 2.30. The molecule has 2 aromatic carbocycles. The predicted octanol–water partition coefficient (Wildman–Crippen LogP) is 3.79. The lowest BCUT2D eigenvalue weighted by molar-refractivity contribution is -0.137. The van der Waals surface area contributed by atoms with Crippen molar-refractivity contribution in [3.63, 3.8) is 0 Å². The molecule has 2 aromatic rings. The number of hydrogen-bond donors (Lipinski definition) is 1. The monoisotopic (exact) mass is 359 g/mol. The van der Waals surface area contributed by atoms with Crippen LogP contribution in [0, 0.1) is 6.92 Å². The Kier molecular flexibility index (Phi) is 6.31. The van der Waals surface area contributed by atoms with Gasteiger partial charge in [-0.2, -0.15) is 0 Å². The van der Waals surface area contributed by atoms with E-state index in [1.165, 1.54) is 0 Å². The second-order valence-electron chi connectivity index (χ2n) is 5.44. The van der Waals surface area contributed by atoms with E-state index in [1.54, 1.807) is 55.5 Å². The number of esters is 1. The van der Waals surface area contributed by atoms with Crippen molar-refractivity contribution in [3.05, 3.63) is 64.7 Å². The number of carbonyl (C=O) groups is 3. The molecular formula is C19H18ClNO4. The van der Waals surface area contributed by atoms with Gasteiger partial charge in [-0.25, -0.2) is 4.79 Å². The number of halogens is 1. The number of benzene rings is 2. The molecule has 0 saturated carbocycles. The van der Waals surface area contributed by atoms with Crippen LogP contribution in [0.15, 0.2) is 48.5 Å². The highest BCUT2D eigenvalue weighted by Crippen LogP contribution is 2.23. The molecule has 0 aromatic heterocycles. The number of hydrogen-bond acceptors (Lipinski definition) is 4. The van der Waals surface area contributed by atoms with Crippen molar-refractivity contribution in [1.82, 2.24) is 0 Å². The Morgan fingerprint density at radius 3 is 2.44 bits per heavy atom. The minimum Gasteiger partial charge on any atom is -0.440 e. The van der Waals surface area contributed by atoms with E-state index in [9.17, 15) is 14.4 Å². The van der Waals surface area contributed by atoms with Gasteiger partial charge in [-0.1, -0.05) is 42.8 Å². The van der Waals surface area contributed by atoms with Crippen LogP contribution in [0.5, 0.6) is 0 Å². The van der Waals surface area contributed by atoms with Crippen molar-refractivity contribution in [3.8, 4) is 0 Å². The van der Waals surface area contributed by atoms with Crippen molar-refractivity contribution < 1.29 is 19.1 Å². The first-order valence-corrected chi connectivity index (χ1v) is 8.16. The van der Waals surface area contributed by atoms with Crippen LogP contribution in [0.2, 0.25) is 5.02 Å². The summed E-state index contributed by atoms with van der Waals surface area (Å²) in [4.78, 5) is 36.7. The summed E-state index contributed by atoms with van der Waals surface area (Å²) in [6, 6.07) is 13.3. The molecule has 25 heavy (non-hydrogen) atoms. The Hall–Kier alpha value is -2.66. The number of Topliss-reactive ketones (excluding diaryl/α,β-unsaturated/α-hetero) is 1. The largest absolute Gasteiger partial charge is 0.440 e. The molecule has 0 heterocycles. The summed E-state index contributed by atoms with van der Waals surface area (Å²) < 4.78 is 5.15. The summed E-state index contributed by atoms with van der Waals surface area (Å²) in [7, 11) is 0. The lowest BCUT2D eigenvalue weighted by Crippen LogP contribution is -2.39. The number of amides is 1. The van der Waals surface area contributed by atoms with Gasteiger partial charge in [0.15, 0.2) is 5.78 Å². The molecule has 6 heteroatoms. The van der Waals surface area contributed by atoms with Crippen LogP contribution in [0.1, 0.15) is 29.3 Å². The Bertz CT molecular complexity index is 789. The molecule has 5 nitrogen and oxygen atoms in total. The van der Waals surface area contributed by atoms with Crippen LogP contribution in [0.4, 0.5) is 5.69 Å². The van der Waals surface area contributed by atoms with Crippen LogP contribution in [0.3, 0.4) is 0 Å². The number of aryl methyl sites for hydroxylation is 1. The maximum absolute atomic E-state index is 12.5. The molecule has 1 N–H and O–H groups in total. The Morgan fingerprint density at radius 2 is 1.80 bits per heavy atom. The number of ketones is 1. The normalized spacial score (nSPS) is 11.5. The summed E-state index contributed by atoms with van der Waals surface area (Å²) in [6.07, 6.45) is -1.48. The molecule has 1 unspecified atom stereocenters. The van der Waals surface area contributed by atoms with Gasteiger partial charge in [0.2, 0.25) is 6.10 Å². The van der Waals surface area contributed by atoms with E-state index in [4.69, 9.17) is 16.3 Å². The highest BCUT2D eigenvalue weighted by Gasteiger charge is 2.30. The molecule has 0 saturated heterocycles. The fourth-order valence-electron chi connectivity index (χ4n) is 2.13. The second kappa shape index (κ2) is 8.44. The molecule has 0 aliphatic carbocycles. The third-order valence-corrected chi connectivity index (χ3v) is 3.82. The van der Waals surface area contributed by atoms with Crippen molar-refractivity contribution in [2.75, 3.05) is 5.32 Å². The number of carbonyl (C=O) groups excluding carboxylic acids is 3. The van der Waals surface area contributed by atoms with Gasteiger partial charge in [0, 0.05) is 6.42 Å². The van der Waals surface area contributed by atoms with Gasteiger partial charge in [0.1, 0.15) is 0 Å². The summed E-state index contributed by atoms with van der Waals surface area (Å²) in [6.45, 7) is 3.44. The molecule has 0 bridgehead atoms. The first-order chi connectivity index (χ1) is 11.9. The van der Waals surface area contributed by atoms with Gasteiger partial charge >= 0.3 is 5.97 Å². The number of rotatable bonds is 6. The van der Waals surface area contributed by atoms with Crippen molar-refractivity contribution in [2.45, 2.75) is 26.4 Å². The number of anilines is 1. The van der Waals surface area contributed by atoms with E-state index in [0.29, 0.717) is 10.7 Å². The molecule has 1 amide bonds. The second-order valence-corrected chi connectivity index (χ2v) is 5.85. The SMILES string of the molecule is CCC(=O)C(OC(=O)c1ccccc1)C(=O)Nc1cc(C)ccc1Cl. The van der Waals surface area contributed by atoms with Gasteiger partial charge in [0.05, 0.1) is 16.3 Å². The molecule has 0 aliphatic rings. The van der Waals surface area contributed by atoms with Gasteiger partial charge in [0.25, 0.3) is 5.91 Å². The van der Waals surface area contributed by atoms with Gasteiger partial charge in [-0.15, -0.1) is 0 Å². The third-order valence-electron chi connectivity index (χ3n) is 3.49. The van der Waals surface area contributed by atoms with Gasteiger partial charge < -0.3 is 10.1 Å². The molecule has 0 aliphatic heterocycles. The Morgan fingerprint density at radius 1 is 1.12 bits per heavy atom. The van der Waals surface area contributed by atoms with Crippen LogP contribution < -0.4 is 5.32 Å². The van der Waals surface area contributed by atoms with Crippen LogP contribution in [-0.4, -0.2) is 23.8 Å². The predicted molar refractivity (Wildman–Crippen MR) is 95.8 cm³/mol. The topological polar surface area (TPSA) is 72.5 Å². The molecule has 0 radical (unpaired) electrons. The standard InChI is InChI=1S/C19H18ClNO4/c1-3-16(22)17(25-19(24)13-7-5-4-6-8-13)18(23)21-15-11-12(2)9-10-14(15)20/h4-11,17H,3H2,1-2H3,(H,21,23). The molecule has 0 fully saturated rings. The van der Waals surface area contributed by atoms with Crippen molar-refractivity contribution in [1.29, 1.82) is 0 Å². The average Bonchev–Trinajstić information content (AvgIpc) is 2.62. The fraction of sp³-hybridized carbons (Fsp3) is 0.211. The molecule has 130 valence electrons. The Balaban J connectivity index is 2.19. The zero-order valence-corrected chi connectivity index (χ0v) is 14.7. The van der Waals surface area contributed by atoms with E-state index in [-0.39, 0.29) is 12.0 Å². The zero-order valence-electron chi connectivity index (χ0n) is 13.9. The molecule has 0 spiro atoms. The lowest BCUT2D eigenvalue weighted by Gasteiger charge is -2.17. The quantitative estimate of drug-likeness (QED) is 0.629. The Labute approximate surface area is 150 Å². The van der Waals surface area contributed by atoms with Crippen LogP contribution in [0.25, 0.3) is 0 Å². The number of ether oxygens (including phenoxy) is 1. The maximum atomic E-state index is 12.5. The highest BCUT2D eigenvalue weighted by molar-refractivity contribution is 6.34. The van der Waals surface area contributed by atoms with Gasteiger partial charge in [-0.3, -0.25) is 9.59 Å². The summed E-state index contributed by atoms with van der Waals surface area (Å²) in [5, 5.41) is 2.88. The summed E-state index contributed by atoms with van der Waals surface area (Å²) in [5.74, 6) is -1.97. The van der Waals surface area contributed by atoms with Crippen molar-refractivity contribution >= 4 is 34.9 Å². The third kappa shape index (κ3) is 4.90. The smallest absolute Gasteiger partial charge is 0.339 e. The van der Waals surface area contributed by atoms with E-state index < -0.39 is 23.8 Å². The minimum atomic E-state index is -1.53. The molecule has 2 rings (SSSR count). The summed E-state index contributed by atoms with van der Waals surface area (Å²) in [5.41, 5.74) is 1.51. The highest BCUT2D eigenvalue weighted by atomic mass is 35.5. The summed E-state index contributed by atoms with van der Waals surface area (Å²) >= 11 is 6.05. The zero-order chi connectivity index (χ0) is 18.4. The average molecular weight is 360 g/mol. The lowest BCUT2D eigenvalue weighted by atomic mass is 10.1. The van der Waals surface area contributed by atoms with E-state index in [1.807, 2.05) is 6.92 Å². The first kappa shape index (κ1) is 18.7. The molecular weight excluding hydrogens is 342 g/mol.